The fraction of sp³-hybridized carbons (Fsp3) is 0.533. The van der Waals surface area contributed by atoms with Gasteiger partial charge in [-0.1, -0.05) is 6.07 Å². The lowest BCUT2D eigenvalue weighted by Gasteiger charge is -2.36. The van der Waals surface area contributed by atoms with Crippen molar-refractivity contribution in [3.63, 3.8) is 0 Å². The lowest BCUT2D eigenvalue weighted by atomic mass is 10.2. The zero-order chi connectivity index (χ0) is 17.9. The summed E-state index contributed by atoms with van der Waals surface area (Å²) in [6.07, 6.45) is -0.0885. The fourth-order valence-electron chi connectivity index (χ4n) is 2.49. The first-order valence-electron chi connectivity index (χ1n) is 7.59. The maximum absolute atomic E-state index is 13.8. The Bertz CT molecular complexity index is 702. The zero-order valence-electron chi connectivity index (χ0n) is 13.7. The topological polar surface area (TPSA) is 60.9 Å². The van der Waals surface area contributed by atoms with Crippen LogP contribution in [0.25, 0.3) is 0 Å². The normalized spacial score (nSPS) is 15.9. The number of sulfonamides is 1. The Morgan fingerprint density at radius 3 is 2.38 bits per heavy atom. The van der Waals surface area contributed by atoms with E-state index in [9.17, 15) is 22.0 Å². The zero-order valence-corrected chi connectivity index (χ0v) is 14.5. The number of anilines is 1. The molecule has 9 heteroatoms. The first-order chi connectivity index (χ1) is 11.2. The lowest BCUT2D eigenvalue weighted by molar-refractivity contribution is -0.131. The van der Waals surface area contributed by atoms with Crippen LogP contribution in [0.1, 0.15) is 6.42 Å². The van der Waals surface area contributed by atoms with E-state index in [1.807, 2.05) is 0 Å². The van der Waals surface area contributed by atoms with Gasteiger partial charge in [0, 0.05) is 46.7 Å². The van der Waals surface area contributed by atoms with Crippen molar-refractivity contribution in [2.75, 3.05) is 50.9 Å². The van der Waals surface area contributed by atoms with Crippen molar-refractivity contribution >= 4 is 21.6 Å². The SMILES string of the molecule is CN(C)S(=O)(=O)CCC(=O)N1CCN(c2cccc(F)c2F)CC1. The molecule has 0 unspecified atom stereocenters. The van der Waals surface area contributed by atoms with Gasteiger partial charge in [-0.2, -0.15) is 0 Å². The van der Waals surface area contributed by atoms with E-state index in [-0.39, 0.29) is 23.8 Å². The second-order valence-corrected chi connectivity index (χ2v) is 8.09. The second kappa shape index (κ2) is 7.43. The molecule has 0 radical (unpaired) electrons. The summed E-state index contributed by atoms with van der Waals surface area (Å²) in [6.45, 7) is 1.42. The average Bonchev–Trinajstić information content (AvgIpc) is 2.55. The molecule has 2 rings (SSSR count). The van der Waals surface area contributed by atoms with Gasteiger partial charge in [-0.25, -0.2) is 21.5 Å². The number of carbonyl (C=O) groups excluding carboxylic acids is 1. The van der Waals surface area contributed by atoms with E-state index in [0.29, 0.717) is 26.2 Å². The summed E-state index contributed by atoms with van der Waals surface area (Å²) < 4.78 is 51.6. The molecule has 1 aromatic carbocycles. The minimum absolute atomic E-state index is 0.0885. The monoisotopic (exact) mass is 361 g/mol. The van der Waals surface area contributed by atoms with Crippen molar-refractivity contribution in [2.45, 2.75) is 6.42 Å². The molecule has 0 aliphatic carbocycles. The van der Waals surface area contributed by atoms with Crippen LogP contribution in [0.2, 0.25) is 0 Å². The van der Waals surface area contributed by atoms with Gasteiger partial charge in [-0.05, 0) is 12.1 Å². The molecule has 0 spiro atoms. The van der Waals surface area contributed by atoms with Crippen LogP contribution in [0.4, 0.5) is 14.5 Å². The summed E-state index contributed by atoms with van der Waals surface area (Å²) in [5.41, 5.74) is 0.178. The van der Waals surface area contributed by atoms with E-state index in [4.69, 9.17) is 0 Å². The number of halogens is 2. The van der Waals surface area contributed by atoms with Crippen molar-refractivity contribution in [1.82, 2.24) is 9.21 Å². The summed E-state index contributed by atoms with van der Waals surface area (Å²) in [4.78, 5) is 15.4. The summed E-state index contributed by atoms with van der Waals surface area (Å²) >= 11 is 0. The van der Waals surface area contributed by atoms with Crippen molar-refractivity contribution in [3.8, 4) is 0 Å². The molecule has 1 aromatic rings. The minimum atomic E-state index is -3.41. The third kappa shape index (κ3) is 4.21. The van der Waals surface area contributed by atoms with Gasteiger partial charge in [0.2, 0.25) is 15.9 Å². The van der Waals surface area contributed by atoms with E-state index in [0.717, 1.165) is 10.4 Å². The van der Waals surface area contributed by atoms with Gasteiger partial charge in [0.05, 0.1) is 11.4 Å². The smallest absolute Gasteiger partial charge is 0.223 e. The summed E-state index contributed by atoms with van der Waals surface area (Å²) in [7, 11) is -0.566. The van der Waals surface area contributed by atoms with Gasteiger partial charge in [-0.15, -0.1) is 0 Å². The molecule has 1 amide bonds. The van der Waals surface area contributed by atoms with E-state index in [1.165, 1.54) is 26.2 Å². The van der Waals surface area contributed by atoms with Crippen LogP contribution in [-0.4, -0.2) is 69.6 Å². The van der Waals surface area contributed by atoms with Crippen molar-refractivity contribution < 1.29 is 22.0 Å². The number of hydrogen-bond donors (Lipinski definition) is 0. The Morgan fingerprint density at radius 1 is 1.17 bits per heavy atom. The lowest BCUT2D eigenvalue weighted by Crippen LogP contribution is -2.49. The van der Waals surface area contributed by atoms with Gasteiger partial charge >= 0.3 is 0 Å². The molecule has 0 saturated carbocycles. The summed E-state index contributed by atoms with van der Waals surface area (Å²) in [5, 5.41) is 0. The van der Waals surface area contributed by atoms with Crippen molar-refractivity contribution in [3.05, 3.63) is 29.8 Å². The highest BCUT2D eigenvalue weighted by Crippen LogP contribution is 2.22. The molecule has 1 fully saturated rings. The third-order valence-electron chi connectivity index (χ3n) is 4.03. The maximum Gasteiger partial charge on any atom is 0.223 e. The predicted molar refractivity (Wildman–Crippen MR) is 87.2 cm³/mol. The molecule has 24 heavy (non-hydrogen) atoms. The number of amides is 1. The van der Waals surface area contributed by atoms with Gasteiger partial charge in [0.25, 0.3) is 0 Å². The highest BCUT2D eigenvalue weighted by atomic mass is 32.2. The Labute approximate surface area is 140 Å². The Hall–Kier alpha value is -1.74. The molecule has 134 valence electrons. The first-order valence-corrected chi connectivity index (χ1v) is 9.20. The van der Waals surface area contributed by atoms with Crippen LogP contribution >= 0.6 is 0 Å². The summed E-state index contributed by atoms with van der Waals surface area (Å²) in [5.74, 6) is -2.29. The quantitative estimate of drug-likeness (QED) is 0.782. The molecule has 1 saturated heterocycles. The number of rotatable bonds is 5. The van der Waals surface area contributed by atoms with Crippen molar-refractivity contribution in [2.24, 2.45) is 0 Å². The largest absolute Gasteiger partial charge is 0.366 e. The van der Waals surface area contributed by atoms with E-state index in [2.05, 4.69) is 0 Å². The molecule has 1 aliphatic heterocycles. The third-order valence-corrected chi connectivity index (χ3v) is 5.87. The number of carbonyl (C=O) groups is 1. The number of benzene rings is 1. The molecule has 0 N–H and O–H groups in total. The van der Waals surface area contributed by atoms with Gasteiger partial charge in [0.15, 0.2) is 11.6 Å². The van der Waals surface area contributed by atoms with Crippen LogP contribution in [-0.2, 0) is 14.8 Å². The molecule has 1 heterocycles. The highest BCUT2D eigenvalue weighted by molar-refractivity contribution is 7.89. The van der Waals surface area contributed by atoms with E-state index >= 15 is 0 Å². The van der Waals surface area contributed by atoms with E-state index < -0.39 is 21.7 Å². The van der Waals surface area contributed by atoms with Gasteiger partial charge < -0.3 is 9.80 Å². The minimum Gasteiger partial charge on any atom is -0.366 e. The van der Waals surface area contributed by atoms with Gasteiger partial charge in [0.1, 0.15) is 0 Å². The van der Waals surface area contributed by atoms with E-state index in [1.54, 1.807) is 9.80 Å². The number of hydrogen-bond acceptors (Lipinski definition) is 4. The predicted octanol–water partition coefficient (Wildman–Crippen LogP) is 0.895. The van der Waals surface area contributed by atoms with Crippen LogP contribution in [0.5, 0.6) is 0 Å². The Kier molecular flexibility index (Phi) is 5.76. The van der Waals surface area contributed by atoms with Crippen LogP contribution in [0, 0.1) is 11.6 Å². The first kappa shape index (κ1) is 18.6. The molecule has 1 aliphatic rings. The molecule has 6 nitrogen and oxygen atoms in total. The number of nitrogens with zero attached hydrogens (tertiary/aromatic N) is 3. The maximum atomic E-state index is 13.8. The van der Waals surface area contributed by atoms with Crippen LogP contribution in [0.15, 0.2) is 18.2 Å². The van der Waals surface area contributed by atoms with Crippen LogP contribution < -0.4 is 4.90 Å². The highest BCUT2D eigenvalue weighted by Gasteiger charge is 2.25. The average molecular weight is 361 g/mol. The standard InChI is InChI=1S/C15H21F2N3O3S/c1-18(2)24(22,23)11-6-14(21)20-9-7-19(8-10-20)13-5-3-4-12(16)15(13)17/h3-5H,6-11H2,1-2H3. The number of piperazine rings is 1. The fourth-order valence-corrected chi connectivity index (χ4v) is 3.29. The molecule has 0 bridgehead atoms. The van der Waals surface area contributed by atoms with Crippen molar-refractivity contribution in [1.29, 1.82) is 0 Å². The summed E-state index contributed by atoms with van der Waals surface area (Å²) in [6, 6.07) is 4.00. The molecule has 0 aromatic heterocycles. The second-order valence-electron chi connectivity index (χ2n) is 5.79. The van der Waals surface area contributed by atoms with Crippen LogP contribution in [0.3, 0.4) is 0 Å². The Morgan fingerprint density at radius 2 is 1.79 bits per heavy atom. The molecule has 0 atom stereocenters. The Balaban J connectivity index is 1.91. The molecular weight excluding hydrogens is 340 g/mol. The molecular formula is C15H21F2N3O3S. The van der Waals surface area contributed by atoms with Gasteiger partial charge in [-0.3, -0.25) is 4.79 Å².